The summed E-state index contributed by atoms with van der Waals surface area (Å²) in [6.07, 6.45) is 2.27. The lowest BCUT2D eigenvalue weighted by Crippen LogP contribution is -2.51. The van der Waals surface area contributed by atoms with Crippen molar-refractivity contribution in [2.75, 3.05) is 13.2 Å². The van der Waals surface area contributed by atoms with Crippen molar-refractivity contribution in [2.45, 2.75) is 43.9 Å². The first kappa shape index (κ1) is 11.8. The molecule has 5 heteroatoms. The van der Waals surface area contributed by atoms with Gasteiger partial charge < -0.3 is 20.3 Å². The summed E-state index contributed by atoms with van der Waals surface area (Å²) in [6, 6.07) is -0.517. The Bertz CT molecular complexity index is 279. The Morgan fingerprint density at radius 2 is 2.31 bits per heavy atom. The molecule has 1 saturated heterocycles. The van der Waals surface area contributed by atoms with Crippen molar-refractivity contribution in [2.24, 2.45) is 5.92 Å². The molecule has 92 valence electrons. The lowest BCUT2D eigenvalue weighted by molar-refractivity contribution is -0.140. The summed E-state index contributed by atoms with van der Waals surface area (Å²) in [6.45, 7) is 2.66. The van der Waals surface area contributed by atoms with Crippen LogP contribution in [0.4, 0.5) is 0 Å². The molecule has 0 aromatic carbocycles. The van der Waals surface area contributed by atoms with Gasteiger partial charge in [0.1, 0.15) is 11.6 Å². The van der Waals surface area contributed by atoms with Crippen LogP contribution < -0.4 is 5.32 Å². The number of carbonyl (C=O) groups is 1. The number of rotatable bonds is 5. The third-order valence-electron chi connectivity index (χ3n) is 3.65. The molecule has 0 radical (unpaired) electrons. The van der Waals surface area contributed by atoms with Gasteiger partial charge in [-0.1, -0.05) is 0 Å². The van der Waals surface area contributed by atoms with Crippen LogP contribution in [0.3, 0.4) is 0 Å². The molecule has 5 nitrogen and oxygen atoms in total. The van der Waals surface area contributed by atoms with Gasteiger partial charge in [0.15, 0.2) is 0 Å². The summed E-state index contributed by atoms with van der Waals surface area (Å²) in [7, 11) is 0. The number of aliphatic carboxylic acids is 1. The predicted octanol–water partition coefficient (Wildman–Crippen LogP) is -0.0209. The molecule has 1 aliphatic heterocycles. The average molecular weight is 229 g/mol. The molecule has 1 heterocycles. The van der Waals surface area contributed by atoms with Gasteiger partial charge in [-0.15, -0.1) is 0 Å². The third kappa shape index (κ3) is 2.36. The summed E-state index contributed by atoms with van der Waals surface area (Å²) in [4.78, 5) is 11.0. The minimum atomic E-state index is -0.914. The van der Waals surface area contributed by atoms with E-state index >= 15 is 0 Å². The molecule has 0 spiro atoms. The molecule has 0 aromatic rings. The van der Waals surface area contributed by atoms with Crippen LogP contribution in [0, 0.1) is 5.92 Å². The SMILES string of the molecule is CC1OCCC1(O)CNC(C(=O)O)C1CC1. The molecule has 3 atom stereocenters. The van der Waals surface area contributed by atoms with Gasteiger partial charge in [0.25, 0.3) is 0 Å². The number of hydrogen-bond acceptors (Lipinski definition) is 4. The monoisotopic (exact) mass is 229 g/mol. The van der Waals surface area contributed by atoms with E-state index in [0.29, 0.717) is 19.6 Å². The molecular formula is C11H19NO4. The average Bonchev–Trinajstić information content (AvgIpc) is 2.96. The molecule has 1 aliphatic carbocycles. The topological polar surface area (TPSA) is 78.8 Å². The van der Waals surface area contributed by atoms with Gasteiger partial charge >= 0.3 is 5.97 Å². The lowest BCUT2D eigenvalue weighted by Gasteiger charge is -2.28. The first-order valence-corrected chi connectivity index (χ1v) is 5.83. The smallest absolute Gasteiger partial charge is 0.320 e. The van der Waals surface area contributed by atoms with E-state index in [-0.39, 0.29) is 12.0 Å². The van der Waals surface area contributed by atoms with Crippen LogP contribution in [-0.2, 0) is 9.53 Å². The third-order valence-corrected chi connectivity index (χ3v) is 3.65. The Hall–Kier alpha value is -0.650. The molecule has 0 bridgehead atoms. The largest absolute Gasteiger partial charge is 0.480 e. The minimum absolute atomic E-state index is 0.228. The van der Waals surface area contributed by atoms with E-state index in [2.05, 4.69) is 5.32 Å². The summed E-state index contributed by atoms with van der Waals surface area (Å²) < 4.78 is 5.30. The van der Waals surface area contributed by atoms with E-state index in [4.69, 9.17) is 9.84 Å². The van der Waals surface area contributed by atoms with Gasteiger partial charge in [0.05, 0.1) is 6.10 Å². The highest BCUT2D eigenvalue weighted by Gasteiger charge is 2.42. The second-order valence-electron chi connectivity index (χ2n) is 4.90. The summed E-state index contributed by atoms with van der Waals surface area (Å²) in [5.41, 5.74) is -0.914. The summed E-state index contributed by atoms with van der Waals surface area (Å²) in [5, 5.41) is 22.2. The van der Waals surface area contributed by atoms with Crippen molar-refractivity contribution >= 4 is 5.97 Å². The number of carboxylic acid groups (broad SMARTS) is 1. The highest BCUT2D eigenvalue weighted by molar-refractivity contribution is 5.74. The number of ether oxygens (including phenoxy) is 1. The van der Waals surface area contributed by atoms with E-state index in [1.165, 1.54) is 0 Å². The molecule has 2 fully saturated rings. The van der Waals surface area contributed by atoms with Gasteiger partial charge in [0.2, 0.25) is 0 Å². The van der Waals surface area contributed by atoms with Crippen molar-refractivity contribution < 1.29 is 19.7 Å². The molecular weight excluding hydrogens is 210 g/mol. The normalized spacial score (nSPS) is 36.2. The van der Waals surface area contributed by atoms with Crippen molar-refractivity contribution in [1.82, 2.24) is 5.32 Å². The van der Waals surface area contributed by atoms with Crippen LogP contribution in [0.5, 0.6) is 0 Å². The highest BCUT2D eigenvalue weighted by atomic mass is 16.5. The number of aliphatic hydroxyl groups is 1. The molecule has 3 unspecified atom stereocenters. The molecule has 0 amide bonds. The molecule has 2 rings (SSSR count). The molecule has 3 N–H and O–H groups in total. The zero-order valence-electron chi connectivity index (χ0n) is 9.48. The predicted molar refractivity (Wildman–Crippen MR) is 57.1 cm³/mol. The number of hydrogen-bond donors (Lipinski definition) is 3. The zero-order valence-corrected chi connectivity index (χ0v) is 9.48. The van der Waals surface area contributed by atoms with Gasteiger partial charge in [-0.25, -0.2) is 0 Å². The second-order valence-corrected chi connectivity index (χ2v) is 4.90. The maximum atomic E-state index is 11.0. The lowest BCUT2D eigenvalue weighted by atomic mass is 9.96. The molecule has 1 saturated carbocycles. The van der Waals surface area contributed by atoms with Gasteiger partial charge in [0, 0.05) is 19.6 Å². The number of carboxylic acids is 1. The fourth-order valence-electron chi connectivity index (χ4n) is 2.17. The maximum absolute atomic E-state index is 11.0. The van der Waals surface area contributed by atoms with Crippen molar-refractivity contribution in [1.29, 1.82) is 0 Å². The highest BCUT2D eigenvalue weighted by Crippen LogP contribution is 2.33. The summed E-state index contributed by atoms with van der Waals surface area (Å²) >= 11 is 0. The van der Waals surface area contributed by atoms with Crippen LogP contribution in [0.25, 0.3) is 0 Å². The van der Waals surface area contributed by atoms with E-state index in [1.807, 2.05) is 6.92 Å². The fourth-order valence-corrected chi connectivity index (χ4v) is 2.17. The quantitative estimate of drug-likeness (QED) is 0.617. The Kier molecular flexibility index (Phi) is 3.19. The van der Waals surface area contributed by atoms with Crippen LogP contribution >= 0.6 is 0 Å². The minimum Gasteiger partial charge on any atom is -0.480 e. The molecule has 16 heavy (non-hydrogen) atoms. The van der Waals surface area contributed by atoms with Crippen molar-refractivity contribution in [3.8, 4) is 0 Å². The Morgan fingerprint density at radius 1 is 1.62 bits per heavy atom. The van der Waals surface area contributed by atoms with Crippen LogP contribution in [-0.4, -0.2) is 47.1 Å². The van der Waals surface area contributed by atoms with Gasteiger partial charge in [-0.2, -0.15) is 0 Å². The second kappa shape index (κ2) is 4.31. The Balaban J connectivity index is 1.87. The molecule has 0 aromatic heterocycles. The van der Waals surface area contributed by atoms with Crippen molar-refractivity contribution in [3.63, 3.8) is 0 Å². The Morgan fingerprint density at radius 3 is 2.75 bits per heavy atom. The van der Waals surface area contributed by atoms with Crippen LogP contribution in [0.15, 0.2) is 0 Å². The van der Waals surface area contributed by atoms with Crippen molar-refractivity contribution in [3.05, 3.63) is 0 Å². The van der Waals surface area contributed by atoms with Gasteiger partial charge in [-0.3, -0.25) is 4.79 Å². The summed E-state index contributed by atoms with van der Waals surface area (Å²) in [5.74, 6) is -0.587. The first-order chi connectivity index (χ1) is 7.53. The number of nitrogens with one attached hydrogen (secondary N) is 1. The van der Waals surface area contributed by atoms with E-state index < -0.39 is 17.6 Å². The Labute approximate surface area is 94.8 Å². The maximum Gasteiger partial charge on any atom is 0.320 e. The van der Waals surface area contributed by atoms with E-state index in [1.54, 1.807) is 0 Å². The zero-order chi connectivity index (χ0) is 11.8. The van der Waals surface area contributed by atoms with Crippen LogP contribution in [0.1, 0.15) is 26.2 Å². The molecule has 2 aliphatic rings. The fraction of sp³-hybridized carbons (Fsp3) is 0.909. The first-order valence-electron chi connectivity index (χ1n) is 5.83. The van der Waals surface area contributed by atoms with Gasteiger partial charge in [-0.05, 0) is 25.7 Å². The van der Waals surface area contributed by atoms with Crippen LogP contribution in [0.2, 0.25) is 0 Å². The van der Waals surface area contributed by atoms with E-state index in [0.717, 1.165) is 12.8 Å². The standard InChI is InChI=1S/C11H19NO4/c1-7-11(15,4-5-16-7)6-12-9(10(13)14)8-2-3-8/h7-9,12,15H,2-6H2,1H3,(H,13,14). The van der Waals surface area contributed by atoms with E-state index in [9.17, 15) is 9.90 Å².